The number of aromatic nitrogens is 2. The van der Waals surface area contributed by atoms with Gasteiger partial charge in [-0.3, -0.25) is 4.79 Å². The summed E-state index contributed by atoms with van der Waals surface area (Å²) in [6.45, 7) is 0.590. The van der Waals surface area contributed by atoms with Crippen LogP contribution in [0.3, 0.4) is 0 Å². The molecule has 0 radical (unpaired) electrons. The van der Waals surface area contributed by atoms with Crippen molar-refractivity contribution in [1.29, 1.82) is 0 Å². The van der Waals surface area contributed by atoms with Crippen LogP contribution in [0.2, 0.25) is 10.3 Å². The van der Waals surface area contributed by atoms with Crippen LogP contribution in [-0.2, 0) is 9.53 Å². The van der Waals surface area contributed by atoms with E-state index < -0.39 is 5.97 Å². The van der Waals surface area contributed by atoms with E-state index in [1.807, 2.05) is 0 Å². The number of amides is 1. The lowest BCUT2D eigenvalue weighted by atomic mass is 10.1. The quantitative estimate of drug-likeness (QED) is 0.897. The second kappa shape index (κ2) is 7.02. The minimum absolute atomic E-state index is 0.00801. The molecule has 0 unspecified atom stereocenters. The normalized spacial score (nSPS) is 16.0. The molecule has 2 rings (SSSR count). The Bertz CT molecular complexity index is 547. The molecule has 21 heavy (non-hydrogen) atoms. The minimum Gasteiger partial charge on any atom is -0.480 e. The third-order valence-corrected chi connectivity index (χ3v) is 3.59. The molecule has 0 spiro atoms. The lowest BCUT2D eigenvalue weighted by Gasteiger charge is -2.31. The smallest absolute Gasteiger partial charge is 0.329 e. The average Bonchev–Trinajstić information content (AvgIpc) is 2.47. The van der Waals surface area contributed by atoms with Crippen molar-refractivity contribution in [3.05, 3.63) is 21.9 Å². The molecular weight excluding hydrogens is 321 g/mol. The number of halogens is 2. The number of nitrogens with zero attached hydrogens (tertiary/aromatic N) is 3. The van der Waals surface area contributed by atoms with Crippen LogP contribution in [0.25, 0.3) is 0 Å². The Kier molecular flexibility index (Phi) is 5.33. The predicted molar refractivity (Wildman–Crippen MR) is 74.6 cm³/mol. The highest BCUT2D eigenvalue weighted by Crippen LogP contribution is 2.21. The van der Waals surface area contributed by atoms with E-state index in [2.05, 4.69) is 10.2 Å². The largest absolute Gasteiger partial charge is 0.480 e. The van der Waals surface area contributed by atoms with Crippen LogP contribution in [0.1, 0.15) is 23.2 Å². The molecule has 0 bridgehead atoms. The van der Waals surface area contributed by atoms with Crippen molar-refractivity contribution < 1.29 is 19.4 Å². The summed E-state index contributed by atoms with van der Waals surface area (Å²) in [7, 11) is 0. The topological polar surface area (TPSA) is 92.6 Å². The minimum atomic E-state index is -1.00. The van der Waals surface area contributed by atoms with Crippen molar-refractivity contribution in [3.63, 3.8) is 0 Å². The van der Waals surface area contributed by atoms with Crippen molar-refractivity contribution in [2.75, 3.05) is 19.7 Å². The van der Waals surface area contributed by atoms with Crippen LogP contribution in [0.15, 0.2) is 6.07 Å². The Balaban J connectivity index is 1.94. The third kappa shape index (κ3) is 4.26. The van der Waals surface area contributed by atoms with Gasteiger partial charge in [0, 0.05) is 13.1 Å². The molecular formula is C12H13Cl2N3O4. The van der Waals surface area contributed by atoms with Gasteiger partial charge >= 0.3 is 5.97 Å². The van der Waals surface area contributed by atoms with Crippen LogP contribution in [0.4, 0.5) is 0 Å². The summed E-state index contributed by atoms with van der Waals surface area (Å²) < 4.78 is 5.21. The lowest BCUT2D eigenvalue weighted by Crippen LogP contribution is -2.41. The van der Waals surface area contributed by atoms with E-state index in [0.717, 1.165) is 0 Å². The highest BCUT2D eigenvalue weighted by molar-refractivity contribution is 6.34. The number of carboxylic acids is 1. The van der Waals surface area contributed by atoms with Crippen LogP contribution in [-0.4, -0.2) is 57.9 Å². The monoisotopic (exact) mass is 333 g/mol. The van der Waals surface area contributed by atoms with Crippen LogP contribution >= 0.6 is 23.2 Å². The Morgan fingerprint density at radius 1 is 1.33 bits per heavy atom. The third-order valence-electron chi connectivity index (χ3n) is 3.12. The molecule has 1 N–H and O–H groups in total. The second-order valence-electron chi connectivity index (χ2n) is 4.57. The van der Waals surface area contributed by atoms with Crippen LogP contribution in [0.5, 0.6) is 0 Å². The molecule has 0 atom stereocenters. The highest BCUT2D eigenvalue weighted by atomic mass is 35.5. The molecule has 1 saturated heterocycles. The van der Waals surface area contributed by atoms with Gasteiger partial charge < -0.3 is 14.7 Å². The number of piperidine rings is 1. The molecule has 0 aromatic carbocycles. The van der Waals surface area contributed by atoms with Crippen molar-refractivity contribution in [2.45, 2.75) is 18.9 Å². The zero-order chi connectivity index (χ0) is 15.4. The number of carbonyl (C=O) groups is 2. The van der Waals surface area contributed by atoms with Gasteiger partial charge in [0.2, 0.25) is 0 Å². The van der Waals surface area contributed by atoms with Crippen LogP contribution in [0, 0.1) is 0 Å². The van der Waals surface area contributed by atoms with Gasteiger partial charge in [0.15, 0.2) is 10.3 Å². The zero-order valence-corrected chi connectivity index (χ0v) is 12.5. The summed E-state index contributed by atoms with van der Waals surface area (Å²) in [5.74, 6) is -1.27. The molecule has 114 valence electrons. The zero-order valence-electron chi connectivity index (χ0n) is 11.0. The molecule has 9 heteroatoms. The molecule has 1 aromatic rings. The summed E-state index contributed by atoms with van der Waals surface area (Å²) in [5.41, 5.74) is 0.210. The number of hydrogen-bond acceptors (Lipinski definition) is 5. The molecule has 1 aliphatic heterocycles. The molecule has 0 aliphatic carbocycles. The SMILES string of the molecule is O=C(O)COC1CCN(C(=O)c2cc(Cl)nnc2Cl)CC1. The molecule has 1 amide bonds. The fourth-order valence-corrected chi connectivity index (χ4v) is 2.41. The molecule has 1 fully saturated rings. The fourth-order valence-electron chi connectivity index (χ4n) is 2.09. The number of carbonyl (C=O) groups excluding carboxylic acids is 1. The van der Waals surface area contributed by atoms with E-state index in [9.17, 15) is 9.59 Å². The second-order valence-corrected chi connectivity index (χ2v) is 5.31. The van der Waals surface area contributed by atoms with Gasteiger partial charge in [-0.25, -0.2) is 4.79 Å². The van der Waals surface area contributed by atoms with Crippen molar-refractivity contribution in [2.24, 2.45) is 0 Å². The highest BCUT2D eigenvalue weighted by Gasteiger charge is 2.26. The first-order chi connectivity index (χ1) is 9.97. The Hall–Kier alpha value is -1.44. The predicted octanol–water partition coefficient (Wildman–Crippen LogP) is 1.49. The fraction of sp³-hybridized carbons (Fsp3) is 0.500. The lowest BCUT2D eigenvalue weighted by molar-refractivity contribution is -0.145. The first-order valence-electron chi connectivity index (χ1n) is 6.28. The van der Waals surface area contributed by atoms with Crippen molar-refractivity contribution in [1.82, 2.24) is 15.1 Å². The number of rotatable bonds is 4. The van der Waals surface area contributed by atoms with E-state index in [1.165, 1.54) is 6.07 Å². The van der Waals surface area contributed by atoms with E-state index >= 15 is 0 Å². The maximum absolute atomic E-state index is 12.3. The molecule has 0 saturated carbocycles. The Labute approximate surface area is 130 Å². The number of aliphatic carboxylic acids is 1. The van der Waals surface area contributed by atoms with E-state index in [-0.39, 0.29) is 34.5 Å². The van der Waals surface area contributed by atoms with Crippen molar-refractivity contribution >= 4 is 35.1 Å². The van der Waals surface area contributed by atoms with Gasteiger partial charge in [-0.1, -0.05) is 23.2 Å². The first kappa shape index (κ1) is 15.9. The van der Waals surface area contributed by atoms with Gasteiger partial charge in [-0.2, -0.15) is 0 Å². The maximum atomic E-state index is 12.3. The van der Waals surface area contributed by atoms with E-state index in [0.29, 0.717) is 25.9 Å². The molecule has 1 aromatic heterocycles. The Morgan fingerprint density at radius 3 is 2.62 bits per heavy atom. The summed E-state index contributed by atoms with van der Waals surface area (Å²) in [6, 6.07) is 1.38. The number of likely N-dealkylation sites (tertiary alicyclic amines) is 1. The van der Waals surface area contributed by atoms with E-state index in [4.69, 9.17) is 33.0 Å². The standard InChI is InChI=1S/C12H13Cl2N3O4/c13-9-5-8(11(14)16-15-9)12(20)17-3-1-7(2-4-17)21-6-10(18)19/h5,7H,1-4,6H2,(H,18,19). The van der Waals surface area contributed by atoms with Gasteiger partial charge in [0.25, 0.3) is 5.91 Å². The van der Waals surface area contributed by atoms with E-state index in [1.54, 1.807) is 4.90 Å². The average molecular weight is 334 g/mol. The number of ether oxygens (including phenoxy) is 1. The Morgan fingerprint density at radius 2 is 2.00 bits per heavy atom. The summed E-state index contributed by atoms with van der Waals surface area (Å²) >= 11 is 11.6. The summed E-state index contributed by atoms with van der Waals surface area (Å²) in [6.07, 6.45) is 0.992. The molecule has 2 heterocycles. The summed E-state index contributed by atoms with van der Waals surface area (Å²) in [5, 5.41) is 15.8. The molecule has 1 aliphatic rings. The first-order valence-corrected chi connectivity index (χ1v) is 7.04. The number of hydrogen-bond donors (Lipinski definition) is 1. The van der Waals surface area contributed by atoms with Crippen molar-refractivity contribution in [3.8, 4) is 0 Å². The van der Waals surface area contributed by atoms with Gasteiger partial charge in [0.1, 0.15) is 6.61 Å². The maximum Gasteiger partial charge on any atom is 0.329 e. The van der Waals surface area contributed by atoms with Crippen LogP contribution < -0.4 is 0 Å². The molecule has 7 nitrogen and oxygen atoms in total. The van der Waals surface area contributed by atoms with Gasteiger partial charge in [-0.15, -0.1) is 10.2 Å². The van der Waals surface area contributed by atoms with Gasteiger partial charge in [0.05, 0.1) is 11.7 Å². The summed E-state index contributed by atoms with van der Waals surface area (Å²) in [4.78, 5) is 24.4. The number of carboxylic acid groups (broad SMARTS) is 1. The van der Waals surface area contributed by atoms with Gasteiger partial charge in [-0.05, 0) is 18.9 Å².